The van der Waals surface area contributed by atoms with Crippen LogP contribution in [0.5, 0.6) is 0 Å². The topological polar surface area (TPSA) is 84.2 Å². The van der Waals surface area contributed by atoms with Crippen molar-refractivity contribution in [2.24, 2.45) is 11.7 Å². The number of nitrogens with two attached hydrogens (primary N) is 1. The van der Waals surface area contributed by atoms with E-state index in [1.165, 1.54) is 6.92 Å². The Morgan fingerprint density at radius 3 is 2.22 bits per heavy atom. The molecule has 1 aromatic rings. The van der Waals surface area contributed by atoms with E-state index in [0.717, 1.165) is 31.4 Å². The molecule has 1 saturated carbocycles. The van der Waals surface area contributed by atoms with Gasteiger partial charge in [0.2, 0.25) is 11.8 Å². The summed E-state index contributed by atoms with van der Waals surface area (Å²) in [5.41, 5.74) is 5.97. The number of benzene rings is 1. The molecule has 8 heteroatoms. The van der Waals surface area contributed by atoms with Crippen LogP contribution in [0.1, 0.15) is 32.6 Å². The van der Waals surface area contributed by atoms with Crippen LogP contribution in [-0.2, 0) is 9.59 Å². The van der Waals surface area contributed by atoms with Gasteiger partial charge in [-0.25, -0.2) is 8.78 Å². The maximum absolute atomic E-state index is 13.4. The molecule has 0 unspecified atom stereocenters. The standard InChI is InChI=1S/C15H19F2N3O2.ClH/c1-8(21)19-13-6-10(16)11(17)7-14(13)20-15(22)5-9-3-2-4-12(9)18;/h6-7,9,12H,2-5,18H2,1H3,(H,19,21)(H,20,22);1H/t9-,12+;/m0./s1. The van der Waals surface area contributed by atoms with Crippen molar-refractivity contribution < 1.29 is 18.4 Å². The third-order valence-electron chi connectivity index (χ3n) is 3.81. The molecule has 0 bridgehead atoms. The first kappa shape index (κ1) is 19.3. The number of carbonyl (C=O) groups excluding carboxylic acids is 2. The minimum Gasteiger partial charge on any atom is -0.327 e. The van der Waals surface area contributed by atoms with Crippen molar-refractivity contribution >= 4 is 35.6 Å². The first-order valence-electron chi connectivity index (χ1n) is 7.19. The van der Waals surface area contributed by atoms with Gasteiger partial charge >= 0.3 is 0 Å². The highest BCUT2D eigenvalue weighted by Crippen LogP contribution is 2.29. The van der Waals surface area contributed by atoms with Gasteiger partial charge in [-0.05, 0) is 18.8 Å². The second-order valence-electron chi connectivity index (χ2n) is 5.60. The Kier molecular flexibility index (Phi) is 6.90. The van der Waals surface area contributed by atoms with Gasteiger partial charge in [-0.2, -0.15) is 0 Å². The van der Waals surface area contributed by atoms with Crippen LogP contribution in [0, 0.1) is 17.6 Å². The largest absolute Gasteiger partial charge is 0.327 e. The Labute approximate surface area is 139 Å². The lowest BCUT2D eigenvalue weighted by Gasteiger charge is -2.16. The molecule has 0 spiro atoms. The summed E-state index contributed by atoms with van der Waals surface area (Å²) >= 11 is 0. The molecule has 5 nitrogen and oxygen atoms in total. The molecule has 2 amide bonds. The van der Waals surface area contributed by atoms with Gasteiger partial charge in [0, 0.05) is 31.5 Å². The molecular weight excluding hydrogens is 328 g/mol. The summed E-state index contributed by atoms with van der Waals surface area (Å²) in [6.45, 7) is 1.24. The second-order valence-corrected chi connectivity index (χ2v) is 5.60. The minimum atomic E-state index is -1.10. The third kappa shape index (κ3) is 5.14. The first-order valence-corrected chi connectivity index (χ1v) is 7.19. The maximum Gasteiger partial charge on any atom is 0.224 e. The predicted molar refractivity (Wildman–Crippen MR) is 86.5 cm³/mol. The Morgan fingerprint density at radius 1 is 1.17 bits per heavy atom. The van der Waals surface area contributed by atoms with Crippen molar-refractivity contribution in [2.75, 3.05) is 10.6 Å². The van der Waals surface area contributed by atoms with Crippen LogP contribution in [0.3, 0.4) is 0 Å². The van der Waals surface area contributed by atoms with E-state index >= 15 is 0 Å². The van der Waals surface area contributed by atoms with Crippen LogP contribution < -0.4 is 16.4 Å². The molecule has 0 saturated heterocycles. The van der Waals surface area contributed by atoms with E-state index in [1.807, 2.05) is 0 Å². The average molecular weight is 348 g/mol. The fourth-order valence-corrected chi connectivity index (χ4v) is 2.70. The van der Waals surface area contributed by atoms with Crippen molar-refractivity contribution in [3.63, 3.8) is 0 Å². The zero-order chi connectivity index (χ0) is 16.3. The summed E-state index contributed by atoms with van der Waals surface area (Å²) in [5, 5.41) is 4.88. The molecule has 1 aliphatic carbocycles. The molecule has 1 aromatic carbocycles. The van der Waals surface area contributed by atoms with E-state index in [-0.39, 0.29) is 48.1 Å². The third-order valence-corrected chi connectivity index (χ3v) is 3.81. The zero-order valence-electron chi connectivity index (χ0n) is 12.7. The first-order chi connectivity index (χ1) is 10.4. The van der Waals surface area contributed by atoms with Crippen LogP contribution in [0.4, 0.5) is 20.2 Å². The van der Waals surface area contributed by atoms with Gasteiger partial charge in [0.15, 0.2) is 11.6 Å². The van der Waals surface area contributed by atoms with E-state index < -0.39 is 17.5 Å². The number of nitrogens with one attached hydrogen (secondary N) is 2. The number of rotatable bonds is 4. The van der Waals surface area contributed by atoms with Crippen LogP contribution in [0.25, 0.3) is 0 Å². The van der Waals surface area contributed by atoms with Crippen molar-refractivity contribution in [1.82, 2.24) is 0 Å². The number of amides is 2. The summed E-state index contributed by atoms with van der Waals surface area (Å²) in [5.74, 6) is -2.88. The van der Waals surface area contributed by atoms with Crippen molar-refractivity contribution in [1.29, 1.82) is 0 Å². The highest BCUT2D eigenvalue weighted by atomic mass is 35.5. The molecule has 4 N–H and O–H groups in total. The lowest BCUT2D eigenvalue weighted by molar-refractivity contribution is -0.117. The summed E-state index contributed by atoms with van der Waals surface area (Å²) in [4.78, 5) is 23.2. The van der Waals surface area contributed by atoms with Gasteiger partial charge in [0.1, 0.15) is 0 Å². The summed E-state index contributed by atoms with van der Waals surface area (Å²) in [6.07, 6.45) is 2.98. The van der Waals surface area contributed by atoms with E-state index in [1.54, 1.807) is 0 Å². The lowest BCUT2D eigenvalue weighted by Crippen LogP contribution is -2.28. The van der Waals surface area contributed by atoms with Crippen LogP contribution in [0.2, 0.25) is 0 Å². The van der Waals surface area contributed by atoms with Gasteiger partial charge in [-0.1, -0.05) is 6.42 Å². The molecule has 0 aromatic heterocycles. The fraction of sp³-hybridized carbons (Fsp3) is 0.467. The van der Waals surface area contributed by atoms with Gasteiger partial charge in [0.25, 0.3) is 0 Å². The van der Waals surface area contributed by atoms with E-state index in [9.17, 15) is 18.4 Å². The van der Waals surface area contributed by atoms with E-state index in [0.29, 0.717) is 0 Å². The average Bonchev–Trinajstić information content (AvgIpc) is 2.80. The summed E-state index contributed by atoms with van der Waals surface area (Å²) in [7, 11) is 0. The molecule has 0 radical (unpaired) electrons. The molecule has 1 aliphatic rings. The highest BCUT2D eigenvalue weighted by Gasteiger charge is 2.26. The van der Waals surface area contributed by atoms with Crippen molar-refractivity contribution in [3.05, 3.63) is 23.8 Å². The normalized spacial score (nSPS) is 19.8. The number of halogens is 3. The Balaban J connectivity index is 0.00000264. The van der Waals surface area contributed by atoms with Crippen LogP contribution >= 0.6 is 12.4 Å². The maximum atomic E-state index is 13.4. The number of hydrogen-bond acceptors (Lipinski definition) is 3. The Hall–Kier alpha value is -1.73. The summed E-state index contributed by atoms with van der Waals surface area (Å²) < 4.78 is 26.6. The van der Waals surface area contributed by atoms with Crippen molar-refractivity contribution in [3.8, 4) is 0 Å². The smallest absolute Gasteiger partial charge is 0.224 e. The Morgan fingerprint density at radius 2 is 1.74 bits per heavy atom. The molecular formula is C15H20ClF2N3O2. The number of carbonyl (C=O) groups is 2. The zero-order valence-corrected chi connectivity index (χ0v) is 13.5. The quantitative estimate of drug-likeness (QED) is 0.783. The molecule has 1 fully saturated rings. The molecule has 2 rings (SSSR count). The van der Waals surface area contributed by atoms with Gasteiger partial charge in [-0.15, -0.1) is 12.4 Å². The summed E-state index contributed by atoms with van der Waals surface area (Å²) in [6, 6.07) is 1.69. The van der Waals surface area contributed by atoms with E-state index in [4.69, 9.17) is 5.73 Å². The molecule has 23 heavy (non-hydrogen) atoms. The molecule has 2 atom stereocenters. The van der Waals surface area contributed by atoms with Crippen LogP contribution in [-0.4, -0.2) is 17.9 Å². The SMILES string of the molecule is CC(=O)Nc1cc(F)c(F)cc1NC(=O)C[C@@H]1CCC[C@H]1N.Cl. The fourth-order valence-electron chi connectivity index (χ4n) is 2.70. The highest BCUT2D eigenvalue weighted by molar-refractivity contribution is 5.98. The molecule has 0 heterocycles. The molecule has 128 valence electrons. The lowest BCUT2D eigenvalue weighted by atomic mass is 10.00. The number of hydrogen-bond donors (Lipinski definition) is 3. The molecule has 0 aliphatic heterocycles. The van der Waals surface area contributed by atoms with Gasteiger partial charge in [0.05, 0.1) is 11.4 Å². The number of anilines is 2. The van der Waals surface area contributed by atoms with Gasteiger partial charge < -0.3 is 16.4 Å². The monoisotopic (exact) mass is 347 g/mol. The van der Waals surface area contributed by atoms with Crippen molar-refractivity contribution in [2.45, 2.75) is 38.6 Å². The van der Waals surface area contributed by atoms with Gasteiger partial charge in [-0.3, -0.25) is 9.59 Å². The minimum absolute atomic E-state index is 0. The Bertz CT molecular complexity index is 598. The van der Waals surface area contributed by atoms with E-state index in [2.05, 4.69) is 10.6 Å². The second kappa shape index (κ2) is 8.21. The van der Waals surface area contributed by atoms with Crippen LogP contribution in [0.15, 0.2) is 12.1 Å². The predicted octanol–water partition coefficient (Wildman–Crippen LogP) is 2.80.